The Hall–Kier alpha value is -3.13. The second-order valence-corrected chi connectivity index (χ2v) is 10.3. The summed E-state index contributed by atoms with van der Waals surface area (Å²) in [5.74, 6) is 0.650. The van der Waals surface area contributed by atoms with Crippen molar-refractivity contribution in [2.75, 3.05) is 7.11 Å². The molecular weight excluding hydrogens is 390 g/mol. The topological polar surface area (TPSA) is 22.1 Å². The van der Waals surface area contributed by atoms with Crippen LogP contribution in [0.15, 0.2) is 78.9 Å². The normalized spacial score (nSPS) is 12.2. The van der Waals surface area contributed by atoms with Gasteiger partial charge in [0, 0.05) is 11.5 Å². The van der Waals surface area contributed by atoms with Crippen LogP contribution in [0.2, 0.25) is 0 Å². The smallest absolute Gasteiger partial charge is 0.213 e. The monoisotopic (exact) mass is 423 g/mol. The number of aromatic nitrogens is 1. The molecule has 0 atom stereocenters. The molecule has 0 fully saturated rings. The number of pyridine rings is 1. The van der Waals surface area contributed by atoms with Crippen molar-refractivity contribution in [3.8, 4) is 17.0 Å². The highest BCUT2D eigenvalue weighted by atomic mass is 16.5. The van der Waals surface area contributed by atoms with Crippen molar-refractivity contribution in [2.24, 2.45) is 0 Å². The van der Waals surface area contributed by atoms with Crippen LogP contribution < -0.4 is 4.74 Å². The molecule has 0 aliphatic rings. The number of nitrogens with zero attached hydrogens (tertiary/aromatic N) is 1. The van der Waals surface area contributed by atoms with E-state index in [0.717, 1.165) is 17.3 Å². The van der Waals surface area contributed by atoms with E-state index in [9.17, 15) is 0 Å². The van der Waals surface area contributed by atoms with Crippen molar-refractivity contribution in [2.45, 2.75) is 51.9 Å². The fraction of sp³-hybridized carbons (Fsp3) is 0.300. The van der Waals surface area contributed by atoms with E-state index in [0.29, 0.717) is 5.88 Å². The van der Waals surface area contributed by atoms with Crippen molar-refractivity contribution >= 4 is 10.9 Å². The first kappa shape index (κ1) is 22.1. The third kappa shape index (κ3) is 4.55. The highest BCUT2D eigenvalue weighted by Gasteiger charge is 2.23. The van der Waals surface area contributed by atoms with Crippen LogP contribution in [0.25, 0.3) is 22.0 Å². The van der Waals surface area contributed by atoms with Gasteiger partial charge in [0.1, 0.15) is 0 Å². The van der Waals surface area contributed by atoms with Crippen molar-refractivity contribution in [3.63, 3.8) is 0 Å². The predicted octanol–water partition coefficient (Wildman–Crippen LogP) is 7.73. The van der Waals surface area contributed by atoms with E-state index in [-0.39, 0.29) is 10.8 Å². The van der Waals surface area contributed by atoms with E-state index in [1.807, 2.05) is 6.07 Å². The van der Waals surface area contributed by atoms with E-state index in [4.69, 9.17) is 4.74 Å². The number of benzene rings is 3. The zero-order valence-corrected chi connectivity index (χ0v) is 20.1. The molecule has 0 saturated heterocycles. The van der Waals surface area contributed by atoms with Crippen LogP contribution in [0.5, 0.6) is 5.88 Å². The first-order valence-corrected chi connectivity index (χ1v) is 11.3. The van der Waals surface area contributed by atoms with Crippen LogP contribution in [0.3, 0.4) is 0 Å². The Morgan fingerprint density at radius 3 is 2.31 bits per heavy atom. The lowest BCUT2D eigenvalue weighted by molar-refractivity contribution is 0.399. The maximum Gasteiger partial charge on any atom is 0.213 e. The summed E-state index contributed by atoms with van der Waals surface area (Å²) in [7, 11) is 1.65. The molecule has 0 radical (unpaired) electrons. The largest absolute Gasteiger partial charge is 0.481 e. The third-order valence-electron chi connectivity index (χ3n) is 6.27. The van der Waals surface area contributed by atoms with Gasteiger partial charge in [0.25, 0.3) is 0 Å². The SMILES string of the molecule is COc1ccc2cc(C(C)(C)Cc3cccc(-c4ccccc4C(C)(C)C)c3)ccc2n1. The Morgan fingerprint density at radius 2 is 1.56 bits per heavy atom. The van der Waals surface area contributed by atoms with Crippen LogP contribution in [-0.2, 0) is 17.3 Å². The van der Waals surface area contributed by atoms with Gasteiger partial charge >= 0.3 is 0 Å². The average Bonchev–Trinajstić information content (AvgIpc) is 2.77. The molecule has 0 spiro atoms. The van der Waals surface area contributed by atoms with Gasteiger partial charge in [-0.3, -0.25) is 0 Å². The summed E-state index contributed by atoms with van der Waals surface area (Å²) in [5, 5.41) is 1.14. The maximum atomic E-state index is 5.26. The van der Waals surface area contributed by atoms with E-state index < -0.39 is 0 Å². The highest BCUT2D eigenvalue weighted by Crippen LogP contribution is 2.35. The molecule has 0 aliphatic carbocycles. The summed E-state index contributed by atoms with van der Waals surface area (Å²) in [6.07, 6.45) is 0.966. The lowest BCUT2D eigenvalue weighted by Gasteiger charge is -2.27. The molecule has 1 aromatic heterocycles. The van der Waals surface area contributed by atoms with Gasteiger partial charge in [-0.25, -0.2) is 4.98 Å². The fourth-order valence-electron chi connectivity index (χ4n) is 4.49. The Morgan fingerprint density at radius 1 is 0.781 bits per heavy atom. The summed E-state index contributed by atoms with van der Waals surface area (Å²) >= 11 is 0. The zero-order chi connectivity index (χ0) is 22.9. The van der Waals surface area contributed by atoms with Crippen LogP contribution in [0, 0.1) is 0 Å². The molecule has 2 heteroatoms. The summed E-state index contributed by atoms with van der Waals surface area (Å²) < 4.78 is 5.26. The summed E-state index contributed by atoms with van der Waals surface area (Å²) in [4.78, 5) is 4.55. The molecular formula is C30H33NO. The van der Waals surface area contributed by atoms with Crippen molar-refractivity contribution in [1.29, 1.82) is 0 Å². The van der Waals surface area contributed by atoms with Gasteiger partial charge in [-0.2, -0.15) is 0 Å². The number of fused-ring (bicyclic) bond motifs is 1. The molecule has 0 bridgehead atoms. The summed E-state index contributed by atoms with van der Waals surface area (Å²) in [5.41, 5.74) is 7.73. The second kappa shape index (κ2) is 8.43. The third-order valence-corrected chi connectivity index (χ3v) is 6.27. The van der Waals surface area contributed by atoms with E-state index in [1.165, 1.54) is 27.8 Å². The summed E-state index contributed by atoms with van der Waals surface area (Å²) in [6, 6.07) is 28.4. The number of ether oxygens (including phenoxy) is 1. The maximum absolute atomic E-state index is 5.26. The lowest BCUT2D eigenvalue weighted by atomic mass is 9.78. The van der Waals surface area contributed by atoms with Gasteiger partial charge in [0.15, 0.2) is 0 Å². The second-order valence-electron chi connectivity index (χ2n) is 10.3. The molecule has 1 heterocycles. The zero-order valence-electron chi connectivity index (χ0n) is 20.1. The van der Waals surface area contributed by atoms with Crippen molar-refractivity contribution in [1.82, 2.24) is 4.98 Å². The summed E-state index contributed by atoms with van der Waals surface area (Å²) in [6.45, 7) is 11.5. The van der Waals surface area contributed by atoms with E-state index >= 15 is 0 Å². The molecule has 164 valence electrons. The van der Waals surface area contributed by atoms with Gasteiger partial charge in [-0.1, -0.05) is 89.2 Å². The minimum Gasteiger partial charge on any atom is -0.481 e. The molecule has 0 unspecified atom stereocenters. The van der Waals surface area contributed by atoms with Gasteiger partial charge in [0.05, 0.1) is 12.6 Å². The number of methoxy groups -OCH3 is 1. The van der Waals surface area contributed by atoms with E-state index in [1.54, 1.807) is 7.11 Å². The van der Waals surface area contributed by atoms with Crippen LogP contribution >= 0.6 is 0 Å². The molecule has 0 amide bonds. The average molecular weight is 424 g/mol. The van der Waals surface area contributed by atoms with Gasteiger partial charge in [-0.05, 0) is 63.3 Å². The first-order valence-electron chi connectivity index (χ1n) is 11.3. The molecule has 32 heavy (non-hydrogen) atoms. The predicted molar refractivity (Wildman–Crippen MR) is 136 cm³/mol. The molecule has 2 nitrogen and oxygen atoms in total. The van der Waals surface area contributed by atoms with Gasteiger partial charge < -0.3 is 4.74 Å². The van der Waals surface area contributed by atoms with E-state index in [2.05, 4.69) is 112 Å². The lowest BCUT2D eigenvalue weighted by Crippen LogP contribution is -2.20. The Bertz CT molecular complexity index is 1250. The minimum absolute atomic E-state index is 0.00368. The number of hydrogen-bond acceptors (Lipinski definition) is 2. The Kier molecular flexibility index (Phi) is 5.81. The standard InChI is InChI=1S/C30H33NO/c1-29(2,3)26-13-8-7-12-25(26)22-11-9-10-21(18-22)20-30(4,5)24-15-16-27-23(19-24)14-17-28(31-27)32-6/h7-19H,20H2,1-6H3. The van der Waals surface area contributed by atoms with Crippen LogP contribution in [-0.4, -0.2) is 12.1 Å². The number of hydrogen-bond donors (Lipinski definition) is 0. The van der Waals surface area contributed by atoms with Crippen molar-refractivity contribution in [3.05, 3.63) is 95.6 Å². The molecule has 4 rings (SSSR count). The Balaban J connectivity index is 1.66. The molecule has 4 aromatic rings. The van der Waals surface area contributed by atoms with Crippen molar-refractivity contribution < 1.29 is 4.74 Å². The number of rotatable bonds is 5. The van der Waals surface area contributed by atoms with Crippen LogP contribution in [0.1, 0.15) is 51.3 Å². The van der Waals surface area contributed by atoms with Gasteiger partial charge in [0.2, 0.25) is 5.88 Å². The highest BCUT2D eigenvalue weighted by molar-refractivity contribution is 5.80. The Labute approximate surface area is 192 Å². The first-order chi connectivity index (χ1) is 15.2. The molecule has 3 aromatic carbocycles. The van der Waals surface area contributed by atoms with Gasteiger partial charge in [-0.15, -0.1) is 0 Å². The molecule has 0 aliphatic heterocycles. The quantitative estimate of drug-likeness (QED) is 0.328. The molecule has 0 N–H and O–H groups in total. The van der Waals surface area contributed by atoms with Crippen LogP contribution in [0.4, 0.5) is 0 Å². The minimum atomic E-state index is -0.00368. The fourth-order valence-corrected chi connectivity index (χ4v) is 4.49. The molecule has 0 saturated carbocycles.